The van der Waals surface area contributed by atoms with Crippen LogP contribution < -0.4 is 5.32 Å². The lowest BCUT2D eigenvalue weighted by atomic mass is 10.1. The molecule has 1 fully saturated rings. The molecule has 1 aliphatic heterocycles. The molecule has 0 aliphatic carbocycles. The Morgan fingerprint density at radius 1 is 1.38 bits per heavy atom. The Morgan fingerprint density at radius 3 is 2.95 bits per heavy atom. The van der Waals surface area contributed by atoms with Crippen molar-refractivity contribution in [2.24, 2.45) is 5.92 Å². The number of nitrogens with zero attached hydrogens (tertiary/aromatic N) is 2. The lowest BCUT2D eigenvalue weighted by molar-refractivity contribution is 0.0755. The topological polar surface area (TPSA) is 56.3 Å². The number of anilines is 1. The summed E-state index contributed by atoms with van der Waals surface area (Å²) < 4.78 is 11.1. The van der Waals surface area contributed by atoms with Crippen molar-refractivity contribution in [2.75, 3.05) is 32.2 Å². The van der Waals surface area contributed by atoms with Crippen molar-refractivity contribution in [1.82, 2.24) is 9.97 Å². The van der Waals surface area contributed by atoms with Gasteiger partial charge in [-0.05, 0) is 25.8 Å². The van der Waals surface area contributed by atoms with Gasteiger partial charge in [-0.2, -0.15) is 0 Å². The highest BCUT2D eigenvalue weighted by molar-refractivity contribution is 7.18. The fraction of sp³-hybridized carbons (Fsp3) is 0.600. The third kappa shape index (κ3) is 3.02. The minimum atomic E-state index is 0.455. The number of nitrogens with one attached hydrogen (secondary N) is 1. The van der Waals surface area contributed by atoms with Gasteiger partial charge in [0.05, 0.1) is 18.6 Å². The SMILES string of the molecule is CNc1nc(COCC2CCOC2)nc2sc(C)c(C)c12. The second kappa shape index (κ2) is 6.25. The Balaban J connectivity index is 1.76. The molecule has 3 heterocycles. The van der Waals surface area contributed by atoms with Gasteiger partial charge < -0.3 is 14.8 Å². The zero-order valence-electron chi connectivity index (χ0n) is 12.7. The molecule has 0 aromatic carbocycles. The first-order valence-electron chi connectivity index (χ1n) is 7.29. The normalized spacial score (nSPS) is 18.5. The molecule has 6 heteroatoms. The molecule has 3 rings (SSSR count). The molecule has 1 N–H and O–H groups in total. The third-order valence-corrected chi connectivity index (χ3v) is 5.02. The zero-order chi connectivity index (χ0) is 14.8. The number of aromatic nitrogens is 2. The predicted molar refractivity (Wildman–Crippen MR) is 85.0 cm³/mol. The summed E-state index contributed by atoms with van der Waals surface area (Å²) in [4.78, 5) is 11.5. The van der Waals surface area contributed by atoms with Gasteiger partial charge in [-0.3, -0.25) is 0 Å². The first-order chi connectivity index (χ1) is 10.2. The fourth-order valence-corrected chi connectivity index (χ4v) is 3.62. The summed E-state index contributed by atoms with van der Waals surface area (Å²) >= 11 is 1.71. The van der Waals surface area contributed by atoms with Crippen molar-refractivity contribution in [2.45, 2.75) is 26.9 Å². The van der Waals surface area contributed by atoms with Crippen molar-refractivity contribution in [1.29, 1.82) is 0 Å². The number of rotatable bonds is 5. The van der Waals surface area contributed by atoms with Crippen LogP contribution in [-0.4, -0.2) is 36.8 Å². The quantitative estimate of drug-likeness (QED) is 0.920. The number of fused-ring (bicyclic) bond motifs is 1. The number of hydrogen-bond acceptors (Lipinski definition) is 6. The van der Waals surface area contributed by atoms with Gasteiger partial charge in [0.15, 0.2) is 5.82 Å². The first kappa shape index (κ1) is 14.7. The Hall–Kier alpha value is -1.24. The molecular weight excluding hydrogens is 286 g/mol. The maximum atomic E-state index is 5.76. The van der Waals surface area contributed by atoms with Gasteiger partial charge in [0.25, 0.3) is 0 Å². The highest BCUT2D eigenvalue weighted by atomic mass is 32.1. The molecule has 0 bridgehead atoms. The molecule has 0 amide bonds. The van der Waals surface area contributed by atoms with Crippen molar-refractivity contribution in [3.63, 3.8) is 0 Å². The van der Waals surface area contributed by atoms with Gasteiger partial charge in [-0.1, -0.05) is 0 Å². The second-order valence-corrected chi connectivity index (χ2v) is 6.65. The van der Waals surface area contributed by atoms with Crippen LogP contribution in [0.4, 0.5) is 5.82 Å². The van der Waals surface area contributed by atoms with Crippen molar-refractivity contribution in [3.05, 3.63) is 16.3 Å². The number of aryl methyl sites for hydroxylation is 2. The summed E-state index contributed by atoms with van der Waals surface area (Å²) in [5.74, 6) is 2.15. The van der Waals surface area contributed by atoms with Crippen LogP contribution in [0.25, 0.3) is 10.2 Å². The monoisotopic (exact) mass is 307 g/mol. The van der Waals surface area contributed by atoms with Gasteiger partial charge in [0.1, 0.15) is 17.3 Å². The average molecular weight is 307 g/mol. The van der Waals surface area contributed by atoms with E-state index in [1.165, 1.54) is 10.4 Å². The van der Waals surface area contributed by atoms with Gasteiger partial charge in [-0.25, -0.2) is 9.97 Å². The van der Waals surface area contributed by atoms with Crippen LogP contribution in [0, 0.1) is 19.8 Å². The molecule has 0 spiro atoms. The Labute approximate surface area is 128 Å². The van der Waals surface area contributed by atoms with Gasteiger partial charge >= 0.3 is 0 Å². The Kier molecular flexibility index (Phi) is 4.37. The van der Waals surface area contributed by atoms with E-state index in [0.29, 0.717) is 12.5 Å². The molecule has 1 saturated heterocycles. The van der Waals surface area contributed by atoms with Gasteiger partial charge in [0, 0.05) is 24.4 Å². The number of hydrogen-bond donors (Lipinski definition) is 1. The lowest BCUT2D eigenvalue weighted by Gasteiger charge is -2.09. The highest BCUT2D eigenvalue weighted by Gasteiger charge is 2.17. The predicted octanol–water partition coefficient (Wildman–Crippen LogP) is 2.90. The van der Waals surface area contributed by atoms with E-state index in [9.17, 15) is 0 Å². The van der Waals surface area contributed by atoms with Crippen molar-refractivity contribution >= 4 is 27.4 Å². The van der Waals surface area contributed by atoms with Gasteiger partial charge in [-0.15, -0.1) is 11.3 Å². The number of ether oxygens (including phenoxy) is 2. The van der Waals surface area contributed by atoms with Crippen molar-refractivity contribution < 1.29 is 9.47 Å². The molecule has 1 atom stereocenters. The van der Waals surface area contributed by atoms with E-state index < -0.39 is 0 Å². The summed E-state index contributed by atoms with van der Waals surface area (Å²) in [6.07, 6.45) is 1.09. The lowest BCUT2D eigenvalue weighted by Crippen LogP contribution is -2.10. The van der Waals surface area contributed by atoms with Crippen LogP contribution in [0.5, 0.6) is 0 Å². The largest absolute Gasteiger partial charge is 0.381 e. The molecule has 0 saturated carbocycles. The highest BCUT2D eigenvalue weighted by Crippen LogP contribution is 2.33. The van der Waals surface area contributed by atoms with E-state index in [1.54, 1.807) is 11.3 Å². The standard InChI is InChI=1S/C15H21N3O2S/c1-9-10(2)21-15-13(9)14(16-3)17-12(18-15)8-20-7-11-4-5-19-6-11/h11H,4-8H2,1-3H3,(H,16,17,18). The maximum absolute atomic E-state index is 5.76. The zero-order valence-corrected chi connectivity index (χ0v) is 13.5. The van der Waals surface area contributed by atoms with Crippen LogP contribution in [0.1, 0.15) is 22.7 Å². The average Bonchev–Trinajstić information content (AvgIpc) is 3.08. The third-order valence-electron chi connectivity index (χ3n) is 3.92. The molecule has 21 heavy (non-hydrogen) atoms. The number of thiophene rings is 1. The molecule has 2 aromatic heterocycles. The molecule has 0 radical (unpaired) electrons. The summed E-state index contributed by atoms with van der Waals surface area (Å²) in [6.45, 7) is 7.08. The van der Waals surface area contributed by atoms with Crippen LogP contribution in [0.2, 0.25) is 0 Å². The molecular formula is C15H21N3O2S. The minimum Gasteiger partial charge on any atom is -0.381 e. The van der Waals surface area contributed by atoms with Crippen LogP contribution >= 0.6 is 11.3 Å². The van der Waals surface area contributed by atoms with Crippen molar-refractivity contribution in [3.8, 4) is 0 Å². The Bertz CT molecular complexity index is 635. The van der Waals surface area contributed by atoms with Crippen LogP contribution in [0.15, 0.2) is 0 Å². The molecule has 5 nitrogen and oxygen atoms in total. The van der Waals surface area contributed by atoms with Crippen LogP contribution in [0.3, 0.4) is 0 Å². The van der Waals surface area contributed by atoms with E-state index in [4.69, 9.17) is 9.47 Å². The molecule has 1 unspecified atom stereocenters. The van der Waals surface area contributed by atoms with E-state index in [0.717, 1.165) is 48.1 Å². The molecule has 2 aromatic rings. The summed E-state index contributed by atoms with van der Waals surface area (Å²) in [5.41, 5.74) is 1.26. The molecule has 1 aliphatic rings. The fourth-order valence-electron chi connectivity index (χ4n) is 2.57. The second-order valence-electron chi connectivity index (χ2n) is 5.45. The first-order valence-corrected chi connectivity index (χ1v) is 8.10. The van der Waals surface area contributed by atoms with E-state index in [-0.39, 0.29) is 0 Å². The summed E-state index contributed by atoms with van der Waals surface area (Å²) in [6, 6.07) is 0. The summed E-state index contributed by atoms with van der Waals surface area (Å²) in [5, 5.41) is 4.31. The van der Waals surface area contributed by atoms with Crippen LogP contribution in [-0.2, 0) is 16.1 Å². The molecule has 114 valence electrons. The Morgan fingerprint density at radius 2 is 2.24 bits per heavy atom. The van der Waals surface area contributed by atoms with E-state index in [1.807, 2.05) is 7.05 Å². The van der Waals surface area contributed by atoms with E-state index >= 15 is 0 Å². The maximum Gasteiger partial charge on any atom is 0.158 e. The van der Waals surface area contributed by atoms with Gasteiger partial charge in [0.2, 0.25) is 0 Å². The van der Waals surface area contributed by atoms with E-state index in [2.05, 4.69) is 29.1 Å². The summed E-state index contributed by atoms with van der Waals surface area (Å²) in [7, 11) is 1.90. The smallest absolute Gasteiger partial charge is 0.158 e. The minimum absolute atomic E-state index is 0.455.